The molecule has 0 atom stereocenters. The van der Waals surface area contributed by atoms with Crippen molar-refractivity contribution in [2.24, 2.45) is 5.92 Å². The number of halogens is 3. The van der Waals surface area contributed by atoms with E-state index in [1.165, 1.54) is 18.2 Å². The third-order valence-corrected chi connectivity index (χ3v) is 5.35. The molecule has 1 aromatic heterocycles. The number of alkyl halides is 3. The van der Waals surface area contributed by atoms with Crippen LogP contribution < -0.4 is 16.0 Å². The van der Waals surface area contributed by atoms with E-state index in [4.69, 9.17) is 5.11 Å². The Hall–Kier alpha value is -2.95. The average molecular weight is 452 g/mol. The summed E-state index contributed by atoms with van der Waals surface area (Å²) in [6, 6.07) is 5.34. The van der Waals surface area contributed by atoms with Crippen LogP contribution in [-0.2, 0) is 17.5 Å². The van der Waals surface area contributed by atoms with Gasteiger partial charge < -0.3 is 21.1 Å². The minimum Gasteiger partial charge on any atom is -0.395 e. The molecule has 4 N–H and O–H groups in total. The summed E-state index contributed by atoms with van der Waals surface area (Å²) in [5, 5.41) is 17.7. The number of carbonyl (C=O) groups is 1. The number of carbonyl (C=O) groups excluding carboxylic acids is 1. The van der Waals surface area contributed by atoms with Gasteiger partial charge in [-0.3, -0.25) is 4.79 Å². The van der Waals surface area contributed by atoms with Gasteiger partial charge in [-0.15, -0.1) is 0 Å². The first-order valence-electron chi connectivity index (χ1n) is 10.5. The van der Waals surface area contributed by atoms with E-state index in [9.17, 15) is 18.0 Å². The topological polar surface area (TPSA) is 112 Å². The van der Waals surface area contributed by atoms with Crippen LogP contribution in [0.3, 0.4) is 0 Å². The molecule has 0 bridgehead atoms. The molecule has 1 aliphatic carbocycles. The third-order valence-electron chi connectivity index (χ3n) is 5.35. The van der Waals surface area contributed by atoms with Crippen LogP contribution in [0.5, 0.6) is 0 Å². The van der Waals surface area contributed by atoms with Gasteiger partial charge in [0.05, 0.1) is 12.2 Å². The van der Waals surface area contributed by atoms with Crippen LogP contribution in [0.15, 0.2) is 24.3 Å². The summed E-state index contributed by atoms with van der Waals surface area (Å²) in [5.74, 6) is 0.867. The van der Waals surface area contributed by atoms with Crippen LogP contribution in [0.1, 0.15) is 42.6 Å². The van der Waals surface area contributed by atoms with Crippen molar-refractivity contribution in [2.45, 2.75) is 51.4 Å². The first-order valence-corrected chi connectivity index (χ1v) is 10.5. The summed E-state index contributed by atoms with van der Waals surface area (Å²) in [6.07, 6.45) is -1.80. The summed E-state index contributed by atoms with van der Waals surface area (Å²) in [7, 11) is 0. The van der Waals surface area contributed by atoms with Crippen LogP contribution in [0.4, 0.5) is 25.1 Å². The van der Waals surface area contributed by atoms with Crippen molar-refractivity contribution < 1.29 is 23.1 Å². The molecular formula is C21H27F3N6O2. The van der Waals surface area contributed by atoms with Gasteiger partial charge in [-0.2, -0.15) is 28.1 Å². The molecule has 1 aliphatic rings. The predicted molar refractivity (Wildman–Crippen MR) is 113 cm³/mol. The lowest BCUT2D eigenvalue weighted by atomic mass is 9.85. The summed E-state index contributed by atoms with van der Waals surface area (Å²) >= 11 is 0. The van der Waals surface area contributed by atoms with Gasteiger partial charge in [0, 0.05) is 25.0 Å². The van der Waals surface area contributed by atoms with E-state index in [2.05, 4.69) is 30.9 Å². The van der Waals surface area contributed by atoms with Crippen LogP contribution in [0, 0.1) is 12.8 Å². The maximum Gasteiger partial charge on any atom is 0.416 e. The Balaban J connectivity index is 1.50. The molecule has 0 unspecified atom stereocenters. The molecule has 1 saturated carbocycles. The number of amides is 1. The minimum absolute atomic E-state index is 0.0403. The molecule has 1 aromatic carbocycles. The van der Waals surface area contributed by atoms with Crippen molar-refractivity contribution in [2.75, 3.05) is 23.8 Å². The highest BCUT2D eigenvalue weighted by molar-refractivity contribution is 5.78. The Labute approximate surface area is 184 Å². The van der Waals surface area contributed by atoms with E-state index >= 15 is 0 Å². The van der Waals surface area contributed by atoms with Crippen LogP contribution >= 0.6 is 0 Å². The van der Waals surface area contributed by atoms with Crippen molar-refractivity contribution in [3.05, 3.63) is 41.2 Å². The van der Waals surface area contributed by atoms with E-state index in [1.807, 2.05) is 0 Å². The summed E-state index contributed by atoms with van der Waals surface area (Å²) < 4.78 is 39.3. The number of benzene rings is 1. The zero-order chi connectivity index (χ0) is 23.1. The molecule has 174 valence electrons. The van der Waals surface area contributed by atoms with Crippen LogP contribution in [0.25, 0.3) is 0 Å². The zero-order valence-corrected chi connectivity index (χ0v) is 17.7. The number of rotatable bonds is 8. The number of aryl methyl sites for hydroxylation is 1. The second-order valence-electron chi connectivity index (χ2n) is 7.75. The number of aliphatic hydroxyl groups is 1. The lowest BCUT2D eigenvalue weighted by Gasteiger charge is -2.28. The summed E-state index contributed by atoms with van der Waals surface area (Å²) in [6.45, 7) is 1.88. The van der Waals surface area contributed by atoms with Crippen LogP contribution in [0.2, 0.25) is 0 Å². The normalized spacial score (nSPS) is 18.8. The molecule has 0 radical (unpaired) electrons. The molecule has 0 spiro atoms. The number of aliphatic hydroxyl groups excluding tert-OH is 1. The quantitative estimate of drug-likeness (QED) is 0.487. The Morgan fingerprint density at radius 2 is 1.78 bits per heavy atom. The number of hydrogen-bond acceptors (Lipinski definition) is 7. The van der Waals surface area contributed by atoms with Crippen molar-refractivity contribution in [3.63, 3.8) is 0 Å². The van der Waals surface area contributed by atoms with E-state index in [1.54, 1.807) is 6.92 Å². The van der Waals surface area contributed by atoms with Gasteiger partial charge in [-0.25, -0.2) is 0 Å². The second-order valence-corrected chi connectivity index (χ2v) is 7.75. The number of hydrogen-bond donors (Lipinski definition) is 4. The summed E-state index contributed by atoms with van der Waals surface area (Å²) in [4.78, 5) is 25.2. The van der Waals surface area contributed by atoms with Gasteiger partial charge in [-0.1, -0.05) is 18.2 Å². The first kappa shape index (κ1) is 23.7. The zero-order valence-electron chi connectivity index (χ0n) is 17.7. The molecular weight excluding hydrogens is 425 g/mol. The molecule has 11 heteroatoms. The highest BCUT2D eigenvalue weighted by Gasteiger charge is 2.33. The molecule has 1 amide bonds. The second kappa shape index (κ2) is 10.6. The lowest BCUT2D eigenvalue weighted by Crippen LogP contribution is -2.36. The van der Waals surface area contributed by atoms with Crippen molar-refractivity contribution in [1.82, 2.24) is 20.3 Å². The fourth-order valence-corrected chi connectivity index (χ4v) is 3.75. The van der Waals surface area contributed by atoms with Crippen LogP contribution in [-0.4, -0.2) is 45.2 Å². The van der Waals surface area contributed by atoms with Gasteiger partial charge in [-0.05, 0) is 44.2 Å². The SMILES string of the molecule is Cc1nc(NCCO)nc(NC2CCC(C(=O)NCc3ccccc3C(F)(F)F)CC2)n1. The van der Waals surface area contributed by atoms with E-state index < -0.39 is 11.7 Å². The van der Waals surface area contributed by atoms with Crippen molar-refractivity contribution in [1.29, 1.82) is 0 Å². The maximum atomic E-state index is 13.1. The van der Waals surface area contributed by atoms with E-state index in [0.29, 0.717) is 49.9 Å². The molecule has 0 aliphatic heterocycles. The Kier molecular flexibility index (Phi) is 7.84. The van der Waals surface area contributed by atoms with Crippen molar-refractivity contribution in [3.8, 4) is 0 Å². The molecule has 1 fully saturated rings. The Morgan fingerprint density at radius 3 is 2.47 bits per heavy atom. The molecule has 32 heavy (non-hydrogen) atoms. The number of nitrogens with one attached hydrogen (secondary N) is 3. The Bertz CT molecular complexity index is 917. The molecule has 2 aromatic rings. The van der Waals surface area contributed by atoms with Gasteiger partial charge in [0.25, 0.3) is 0 Å². The molecule has 3 rings (SSSR count). The van der Waals surface area contributed by atoms with Gasteiger partial charge >= 0.3 is 6.18 Å². The maximum absolute atomic E-state index is 13.1. The number of aromatic nitrogens is 3. The standard InChI is InChI=1S/C21H27F3N6O2/c1-13-27-19(25-10-11-31)30-20(28-13)29-16-8-6-14(7-9-16)18(32)26-12-15-4-2-3-5-17(15)21(22,23)24/h2-5,14,16,31H,6-12H2,1H3,(H,26,32)(H2,25,27,28,29,30). The van der Waals surface area contributed by atoms with Gasteiger partial charge in [0.2, 0.25) is 17.8 Å². The predicted octanol–water partition coefficient (Wildman–Crippen LogP) is 2.89. The largest absolute Gasteiger partial charge is 0.416 e. The fraction of sp³-hybridized carbons (Fsp3) is 0.524. The average Bonchev–Trinajstić information content (AvgIpc) is 2.76. The lowest BCUT2D eigenvalue weighted by molar-refractivity contribution is -0.138. The van der Waals surface area contributed by atoms with E-state index in [0.717, 1.165) is 6.07 Å². The number of nitrogens with zero attached hydrogens (tertiary/aromatic N) is 3. The smallest absolute Gasteiger partial charge is 0.395 e. The van der Waals surface area contributed by atoms with Gasteiger partial charge in [0.1, 0.15) is 5.82 Å². The summed E-state index contributed by atoms with van der Waals surface area (Å²) in [5.41, 5.74) is -0.673. The van der Waals surface area contributed by atoms with E-state index in [-0.39, 0.29) is 36.6 Å². The molecule has 0 saturated heterocycles. The van der Waals surface area contributed by atoms with Crippen molar-refractivity contribution >= 4 is 17.8 Å². The molecule has 1 heterocycles. The number of anilines is 2. The monoisotopic (exact) mass is 452 g/mol. The minimum atomic E-state index is -4.45. The third kappa shape index (κ3) is 6.52. The first-order chi connectivity index (χ1) is 15.3. The molecule has 8 nitrogen and oxygen atoms in total. The van der Waals surface area contributed by atoms with Gasteiger partial charge in [0.15, 0.2) is 0 Å². The Morgan fingerprint density at radius 1 is 1.09 bits per heavy atom. The fourth-order valence-electron chi connectivity index (χ4n) is 3.75. The highest BCUT2D eigenvalue weighted by Crippen LogP contribution is 2.32. The highest BCUT2D eigenvalue weighted by atomic mass is 19.4.